The molecule has 0 aliphatic carbocycles. The lowest BCUT2D eigenvalue weighted by Crippen LogP contribution is -2.35. The van der Waals surface area contributed by atoms with Crippen LogP contribution in [0.4, 0.5) is 0 Å². The molecule has 1 amide bonds. The first-order valence-electron chi connectivity index (χ1n) is 6.24. The maximum atomic E-state index is 12.3. The summed E-state index contributed by atoms with van der Waals surface area (Å²) in [5.41, 5.74) is 7.31. The van der Waals surface area contributed by atoms with Crippen LogP contribution in [-0.2, 0) is 4.74 Å². The molecule has 0 saturated carbocycles. The van der Waals surface area contributed by atoms with Gasteiger partial charge in [0.2, 0.25) is 0 Å². The topological polar surface area (TPSA) is 55.6 Å². The minimum Gasteiger partial charge on any atom is -0.383 e. The molecule has 0 saturated heterocycles. The lowest BCUT2D eigenvalue weighted by Gasteiger charge is -2.22. The van der Waals surface area contributed by atoms with Crippen molar-refractivity contribution in [1.82, 2.24) is 4.90 Å². The second-order valence-electron chi connectivity index (χ2n) is 4.30. The Morgan fingerprint density at radius 3 is 2.78 bits per heavy atom. The van der Waals surface area contributed by atoms with E-state index in [0.29, 0.717) is 26.2 Å². The van der Waals surface area contributed by atoms with E-state index in [2.05, 4.69) is 0 Å². The molecule has 0 aliphatic rings. The Morgan fingerprint density at radius 2 is 2.17 bits per heavy atom. The van der Waals surface area contributed by atoms with Gasteiger partial charge < -0.3 is 15.4 Å². The van der Waals surface area contributed by atoms with E-state index in [-0.39, 0.29) is 5.91 Å². The molecule has 0 aromatic heterocycles. The van der Waals surface area contributed by atoms with Gasteiger partial charge in [0.05, 0.1) is 6.61 Å². The summed E-state index contributed by atoms with van der Waals surface area (Å²) in [5.74, 6) is 0.0456. The van der Waals surface area contributed by atoms with Crippen LogP contribution in [0.5, 0.6) is 0 Å². The Hall–Kier alpha value is -1.39. The minimum atomic E-state index is 0.0456. The average Bonchev–Trinajstić information content (AvgIpc) is 2.38. The van der Waals surface area contributed by atoms with Crippen LogP contribution in [0.1, 0.15) is 22.3 Å². The van der Waals surface area contributed by atoms with Gasteiger partial charge in [0.15, 0.2) is 0 Å². The zero-order chi connectivity index (χ0) is 13.4. The van der Waals surface area contributed by atoms with E-state index in [4.69, 9.17) is 10.5 Å². The summed E-state index contributed by atoms with van der Waals surface area (Å²) in [5, 5.41) is 0. The van der Waals surface area contributed by atoms with Crippen molar-refractivity contribution >= 4 is 5.91 Å². The molecule has 0 heterocycles. The number of methoxy groups -OCH3 is 1. The van der Waals surface area contributed by atoms with E-state index in [1.54, 1.807) is 12.0 Å². The van der Waals surface area contributed by atoms with Crippen LogP contribution in [0, 0.1) is 6.92 Å². The van der Waals surface area contributed by atoms with E-state index in [9.17, 15) is 4.79 Å². The summed E-state index contributed by atoms with van der Waals surface area (Å²) in [4.78, 5) is 14.1. The Bertz CT molecular complexity index is 372. The molecule has 1 rings (SSSR count). The molecule has 1 aromatic rings. The van der Waals surface area contributed by atoms with Gasteiger partial charge >= 0.3 is 0 Å². The van der Waals surface area contributed by atoms with Crippen molar-refractivity contribution in [2.75, 3.05) is 33.4 Å². The molecular weight excluding hydrogens is 228 g/mol. The van der Waals surface area contributed by atoms with Crippen LogP contribution < -0.4 is 5.73 Å². The van der Waals surface area contributed by atoms with Crippen molar-refractivity contribution in [3.05, 3.63) is 35.4 Å². The molecule has 100 valence electrons. The van der Waals surface area contributed by atoms with Crippen LogP contribution in [0.2, 0.25) is 0 Å². The van der Waals surface area contributed by atoms with Gasteiger partial charge in [-0.3, -0.25) is 4.79 Å². The summed E-state index contributed by atoms with van der Waals surface area (Å²) in [6.45, 7) is 4.39. The summed E-state index contributed by atoms with van der Waals surface area (Å²) in [6.07, 6.45) is 0.807. The number of carbonyl (C=O) groups is 1. The second kappa shape index (κ2) is 7.84. The Morgan fingerprint density at radius 1 is 1.39 bits per heavy atom. The fourth-order valence-electron chi connectivity index (χ4n) is 1.76. The monoisotopic (exact) mass is 250 g/mol. The number of nitrogens with two attached hydrogens (primary N) is 1. The van der Waals surface area contributed by atoms with E-state index >= 15 is 0 Å². The SMILES string of the molecule is COCCN(CCCN)C(=O)c1cccc(C)c1. The lowest BCUT2D eigenvalue weighted by atomic mass is 10.1. The maximum Gasteiger partial charge on any atom is 0.253 e. The number of benzene rings is 1. The number of nitrogens with zero attached hydrogens (tertiary/aromatic N) is 1. The number of hydrogen-bond donors (Lipinski definition) is 1. The molecule has 1 aromatic carbocycles. The fourth-order valence-corrected chi connectivity index (χ4v) is 1.76. The van der Waals surface area contributed by atoms with Gasteiger partial charge in [-0.15, -0.1) is 0 Å². The number of aryl methyl sites for hydroxylation is 1. The van der Waals surface area contributed by atoms with E-state index in [0.717, 1.165) is 17.5 Å². The first kappa shape index (κ1) is 14.7. The fraction of sp³-hybridized carbons (Fsp3) is 0.500. The number of hydrogen-bond acceptors (Lipinski definition) is 3. The molecule has 0 atom stereocenters. The van der Waals surface area contributed by atoms with Crippen molar-refractivity contribution in [3.63, 3.8) is 0 Å². The molecule has 4 heteroatoms. The normalized spacial score (nSPS) is 10.4. The van der Waals surface area contributed by atoms with Gasteiger partial charge in [0, 0.05) is 25.8 Å². The van der Waals surface area contributed by atoms with Crippen LogP contribution in [-0.4, -0.2) is 44.2 Å². The molecule has 0 radical (unpaired) electrons. The minimum absolute atomic E-state index is 0.0456. The van der Waals surface area contributed by atoms with Crippen molar-refractivity contribution in [3.8, 4) is 0 Å². The lowest BCUT2D eigenvalue weighted by molar-refractivity contribution is 0.0694. The maximum absolute atomic E-state index is 12.3. The Labute approximate surface area is 109 Å². The number of ether oxygens (including phenoxy) is 1. The highest BCUT2D eigenvalue weighted by Crippen LogP contribution is 2.08. The highest BCUT2D eigenvalue weighted by Gasteiger charge is 2.14. The van der Waals surface area contributed by atoms with Crippen LogP contribution in [0.25, 0.3) is 0 Å². The molecule has 4 nitrogen and oxygen atoms in total. The van der Waals surface area contributed by atoms with Crippen molar-refractivity contribution < 1.29 is 9.53 Å². The Kier molecular flexibility index (Phi) is 6.39. The van der Waals surface area contributed by atoms with Gasteiger partial charge in [-0.1, -0.05) is 17.7 Å². The number of amides is 1. The van der Waals surface area contributed by atoms with Crippen LogP contribution >= 0.6 is 0 Å². The molecule has 18 heavy (non-hydrogen) atoms. The van der Waals surface area contributed by atoms with Crippen LogP contribution in [0.15, 0.2) is 24.3 Å². The Balaban J connectivity index is 2.73. The van der Waals surface area contributed by atoms with Crippen molar-refractivity contribution in [1.29, 1.82) is 0 Å². The molecular formula is C14H22N2O2. The molecule has 0 unspecified atom stereocenters. The predicted octanol–water partition coefficient (Wildman–Crippen LogP) is 1.43. The standard InChI is InChI=1S/C14H22N2O2/c1-12-5-3-6-13(11-12)14(17)16(8-4-7-15)9-10-18-2/h3,5-6,11H,4,7-10,15H2,1-2H3. The molecule has 2 N–H and O–H groups in total. The van der Waals surface area contributed by atoms with Gasteiger partial charge in [0.1, 0.15) is 0 Å². The molecule has 0 bridgehead atoms. The largest absolute Gasteiger partial charge is 0.383 e. The summed E-state index contributed by atoms with van der Waals surface area (Å²) < 4.78 is 5.04. The highest BCUT2D eigenvalue weighted by atomic mass is 16.5. The van der Waals surface area contributed by atoms with Gasteiger partial charge in [-0.25, -0.2) is 0 Å². The molecule has 0 aliphatic heterocycles. The summed E-state index contributed by atoms with van der Waals surface area (Å²) in [7, 11) is 1.64. The zero-order valence-electron chi connectivity index (χ0n) is 11.2. The highest BCUT2D eigenvalue weighted by molar-refractivity contribution is 5.94. The number of carbonyl (C=O) groups excluding carboxylic acids is 1. The van der Waals surface area contributed by atoms with Gasteiger partial charge in [-0.05, 0) is 32.0 Å². The van der Waals surface area contributed by atoms with Crippen LogP contribution in [0.3, 0.4) is 0 Å². The van der Waals surface area contributed by atoms with E-state index < -0.39 is 0 Å². The summed E-state index contributed by atoms with van der Waals surface area (Å²) in [6, 6.07) is 7.64. The smallest absolute Gasteiger partial charge is 0.253 e. The average molecular weight is 250 g/mol. The van der Waals surface area contributed by atoms with Crippen molar-refractivity contribution in [2.24, 2.45) is 5.73 Å². The molecule has 0 spiro atoms. The third-order valence-electron chi connectivity index (χ3n) is 2.75. The third kappa shape index (κ3) is 4.47. The van der Waals surface area contributed by atoms with E-state index in [1.165, 1.54) is 0 Å². The van der Waals surface area contributed by atoms with E-state index in [1.807, 2.05) is 31.2 Å². The quantitative estimate of drug-likeness (QED) is 0.796. The second-order valence-corrected chi connectivity index (χ2v) is 4.30. The summed E-state index contributed by atoms with van der Waals surface area (Å²) >= 11 is 0. The third-order valence-corrected chi connectivity index (χ3v) is 2.75. The first-order valence-corrected chi connectivity index (χ1v) is 6.24. The first-order chi connectivity index (χ1) is 8.69. The van der Waals surface area contributed by atoms with Gasteiger partial charge in [-0.2, -0.15) is 0 Å². The van der Waals surface area contributed by atoms with Crippen molar-refractivity contribution in [2.45, 2.75) is 13.3 Å². The number of rotatable bonds is 7. The molecule has 0 fully saturated rings. The zero-order valence-corrected chi connectivity index (χ0v) is 11.2. The predicted molar refractivity (Wildman–Crippen MR) is 72.6 cm³/mol. The van der Waals surface area contributed by atoms with Gasteiger partial charge in [0.25, 0.3) is 5.91 Å².